The van der Waals surface area contributed by atoms with Gasteiger partial charge in [0.15, 0.2) is 6.10 Å². The zero-order valence-electron chi connectivity index (χ0n) is 30.0. The number of amides is 3. The number of cyclic esters (lactones) is 2. The van der Waals surface area contributed by atoms with Gasteiger partial charge in [-0.3, -0.25) is 14.4 Å². The number of aliphatic hydroxyl groups is 1. The van der Waals surface area contributed by atoms with Crippen molar-refractivity contribution in [3.05, 3.63) is 35.9 Å². The molecule has 2 fully saturated rings. The molecule has 12 nitrogen and oxygen atoms in total. The molecule has 5 atom stereocenters. The molecule has 1 unspecified atom stereocenters. The van der Waals surface area contributed by atoms with Gasteiger partial charge in [-0.25, -0.2) is 9.59 Å². The molecular formula is C37H57N3O9. The number of benzene rings is 1. The van der Waals surface area contributed by atoms with Crippen LogP contribution in [0.15, 0.2) is 30.3 Å². The van der Waals surface area contributed by atoms with E-state index in [1.54, 1.807) is 45.0 Å². The van der Waals surface area contributed by atoms with Crippen LogP contribution in [0, 0.1) is 11.3 Å². The van der Waals surface area contributed by atoms with Crippen LogP contribution in [0.1, 0.15) is 111 Å². The maximum atomic E-state index is 13.9. The molecule has 2 aliphatic rings. The Morgan fingerprint density at radius 2 is 1.65 bits per heavy atom. The monoisotopic (exact) mass is 687 g/mol. The summed E-state index contributed by atoms with van der Waals surface area (Å²) < 4.78 is 16.7. The molecule has 1 aliphatic carbocycles. The molecular weight excluding hydrogens is 630 g/mol. The van der Waals surface area contributed by atoms with E-state index in [0.717, 1.165) is 37.7 Å². The molecule has 0 bridgehead atoms. The molecule has 12 heteroatoms. The third-order valence-corrected chi connectivity index (χ3v) is 8.63. The van der Waals surface area contributed by atoms with Gasteiger partial charge in [-0.05, 0) is 63.4 Å². The summed E-state index contributed by atoms with van der Waals surface area (Å²) in [6.45, 7) is 10.7. The summed E-state index contributed by atoms with van der Waals surface area (Å²) in [7, 11) is 0. The first kappa shape index (κ1) is 39.8. The Bertz CT molecular complexity index is 1250. The van der Waals surface area contributed by atoms with Crippen LogP contribution in [0.3, 0.4) is 0 Å². The second kappa shape index (κ2) is 18.4. The number of nitrogens with one attached hydrogen (secondary N) is 3. The minimum absolute atomic E-state index is 0.00414. The van der Waals surface area contributed by atoms with Crippen LogP contribution in [0.25, 0.3) is 0 Å². The molecule has 1 saturated carbocycles. The minimum atomic E-state index is -1.64. The predicted molar refractivity (Wildman–Crippen MR) is 183 cm³/mol. The highest BCUT2D eigenvalue weighted by molar-refractivity contribution is 5.92. The van der Waals surface area contributed by atoms with E-state index in [1.807, 2.05) is 26.8 Å². The number of carbonyl (C=O) groups excluding carboxylic acids is 5. The first-order chi connectivity index (χ1) is 23.0. The van der Waals surface area contributed by atoms with Crippen LogP contribution in [0.2, 0.25) is 0 Å². The van der Waals surface area contributed by atoms with E-state index in [0.29, 0.717) is 25.7 Å². The summed E-state index contributed by atoms with van der Waals surface area (Å²) in [5.41, 5.74) is -0.252. The van der Waals surface area contributed by atoms with E-state index in [4.69, 9.17) is 14.2 Å². The van der Waals surface area contributed by atoms with Crippen molar-refractivity contribution in [3.63, 3.8) is 0 Å². The highest BCUT2D eigenvalue weighted by Crippen LogP contribution is 2.29. The van der Waals surface area contributed by atoms with Crippen LogP contribution in [-0.4, -0.2) is 77.5 Å². The molecule has 0 radical (unpaired) electrons. The lowest BCUT2D eigenvalue weighted by molar-refractivity contribution is -0.163. The van der Waals surface area contributed by atoms with E-state index >= 15 is 0 Å². The lowest BCUT2D eigenvalue weighted by Crippen LogP contribution is -2.59. The van der Waals surface area contributed by atoms with Crippen molar-refractivity contribution in [1.82, 2.24) is 16.0 Å². The molecule has 1 heterocycles. The molecule has 0 aromatic heterocycles. The second-order valence-electron chi connectivity index (χ2n) is 15.6. The summed E-state index contributed by atoms with van der Waals surface area (Å²) in [6, 6.07) is 5.50. The summed E-state index contributed by atoms with van der Waals surface area (Å²) in [5, 5.41) is 19.4. The fourth-order valence-corrected chi connectivity index (χ4v) is 6.30. The zero-order chi connectivity index (χ0) is 36.2. The van der Waals surface area contributed by atoms with Gasteiger partial charge in [-0.1, -0.05) is 83.2 Å². The Morgan fingerprint density at radius 1 is 0.980 bits per heavy atom. The van der Waals surface area contributed by atoms with Crippen LogP contribution in [0.4, 0.5) is 4.79 Å². The van der Waals surface area contributed by atoms with Crippen molar-refractivity contribution in [2.75, 3.05) is 6.61 Å². The minimum Gasteiger partial charge on any atom is -0.463 e. The Hall–Kier alpha value is -3.67. The third kappa shape index (κ3) is 14.8. The van der Waals surface area contributed by atoms with Gasteiger partial charge in [0.2, 0.25) is 11.8 Å². The van der Waals surface area contributed by atoms with Gasteiger partial charge >= 0.3 is 18.0 Å². The predicted octanol–water partition coefficient (Wildman–Crippen LogP) is 4.50. The van der Waals surface area contributed by atoms with Crippen LogP contribution < -0.4 is 16.0 Å². The van der Waals surface area contributed by atoms with Crippen molar-refractivity contribution >= 4 is 29.8 Å². The van der Waals surface area contributed by atoms with Gasteiger partial charge < -0.3 is 35.3 Å². The van der Waals surface area contributed by atoms with Gasteiger partial charge in [0.05, 0.1) is 6.04 Å². The first-order valence-corrected chi connectivity index (χ1v) is 17.7. The molecule has 1 aromatic carbocycles. The normalized spacial score (nSPS) is 24.3. The lowest BCUT2D eigenvalue weighted by Gasteiger charge is -2.32. The zero-order valence-corrected chi connectivity index (χ0v) is 30.0. The maximum absolute atomic E-state index is 13.9. The average Bonchev–Trinajstić information content (AvgIpc) is 3.00. The van der Waals surface area contributed by atoms with Gasteiger partial charge in [-0.15, -0.1) is 0 Å². The third-order valence-electron chi connectivity index (χ3n) is 8.63. The highest BCUT2D eigenvalue weighted by atomic mass is 16.6. The van der Waals surface area contributed by atoms with E-state index in [2.05, 4.69) is 16.0 Å². The van der Waals surface area contributed by atoms with E-state index in [1.165, 1.54) is 0 Å². The van der Waals surface area contributed by atoms with Gasteiger partial charge in [0.25, 0.3) is 0 Å². The number of aliphatic hydroxyl groups excluding tert-OH is 1. The number of ether oxygens (including phenoxy) is 3. The van der Waals surface area contributed by atoms with Crippen molar-refractivity contribution in [1.29, 1.82) is 0 Å². The Labute approximate surface area is 290 Å². The Balaban J connectivity index is 1.88. The second-order valence-corrected chi connectivity index (χ2v) is 15.6. The van der Waals surface area contributed by atoms with Crippen LogP contribution in [0.5, 0.6) is 0 Å². The highest BCUT2D eigenvalue weighted by Gasteiger charge is 2.37. The first-order valence-electron chi connectivity index (χ1n) is 17.7. The molecule has 1 aliphatic heterocycles. The molecule has 3 amide bonds. The number of rotatable bonds is 8. The summed E-state index contributed by atoms with van der Waals surface area (Å²) >= 11 is 0. The summed E-state index contributed by atoms with van der Waals surface area (Å²) in [4.78, 5) is 66.6. The summed E-state index contributed by atoms with van der Waals surface area (Å²) in [5.74, 6) is -2.69. The Morgan fingerprint density at radius 3 is 2.29 bits per heavy atom. The average molecular weight is 688 g/mol. The van der Waals surface area contributed by atoms with Crippen LogP contribution in [-0.2, 0) is 39.8 Å². The molecule has 1 saturated heterocycles. The lowest BCUT2D eigenvalue weighted by atomic mass is 9.83. The van der Waals surface area contributed by atoms with E-state index < -0.39 is 72.4 Å². The van der Waals surface area contributed by atoms with E-state index in [9.17, 15) is 29.1 Å². The smallest absolute Gasteiger partial charge is 0.408 e. The maximum Gasteiger partial charge on any atom is 0.408 e. The van der Waals surface area contributed by atoms with Crippen molar-refractivity contribution in [3.8, 4) is 0 Å². The fourth-order valence-electron chi connectivity index (χ4n) is 6.30. The number of esters is 2. The van der Waals surface area contributed by atoms with Crippen LogP contribution >= 0.6 is 0 Å². The molecule has 0 spiro atoms. The fraction of sp³-hybridized carbons (Fsp3) is 0.703. The van der Waals surface area contributed by atoms with Crippen molar-refractivity contribution < 1.29 is 43.3 Å². The molecule has 49 heavy (non-hydrogen) atoms. The molecule has 274 valence electrons. The number of hydrogen-bond acceptors (Lipinski definition) is 9. The van der Waals surface area contributed by atoms with Gasteiger partial charge in [-0.2, -0.15) is 0 Å². The largest absolute Gasteiger partial charge is 0.463 e. The van der Waals surface area contributed by atoms with Gasteiger partial charge in [0.1, 0.15) is 30.4 Å². The number of hydrogen-bond donors (Lipinski definition) is 4. The topological polar surface area (TPSA) is 169 Å². The van der Waals surface area contributed by atoms with Crippen molar-refractivity contribution in [2.24, 2.45) is 11.3 Å². The van der Waals surface area contributed by atoms with E-state index in [-0.39, 0.29) is 24.2 Å². The SMILES string of the molecule is CC(C)(C)CC1CCCC(=O)OC[C@H](NC(=O)[C@H](Cc2ccccc2)NC(=O)OC(C)(C)C)C(=O)N[C@@H](CC2CCCCC2)[C@@H](O)C(=O)O1. The molecule has 4 N–H and O–H groups in total. The number of alkyl carbamates (subject to hydrolysis) is 1. The molecule has 3 rings (SSSR count). The van der Waals surface area contributed by atoms with Crippen molar-refractivity contribution in [2.45, 2.75) is 148 Å². The van der Waals surface area contributed by atoms with Gasteiger partial charge in [0, 0.05) is 12.8 Å². The summed E-state index contributed by atoms with van der Waals surface area (Å²) in [6.07, 6.45) is 3.64. The quantitative estimate of drug-likeness (QED) is 0.227. The standard InChI is InChI=1S/C37H57N3O9/c1-36(2,3)22-26-18-13-19-30(41)47-23-29(33(44)38-27(31(42)34(45)48-26)20-24-14-9-7-10-15-24)39-32(43)28(21-25-16-11-8-12-17-25)40-35(46)49-37(4,5)6/h8,11-12,16-17,24,26-29,31,42H,7,9-10,13-15,18-23H2,1-6H3,(H,38,44)(H,39,43)(H,40,46)/t26?,27-,28-,29-,31+/m0/s1. The molecule has 1 aromatic rings. The Kier molecular flexibility index (Phi) is 14.9. The number of carbonyl (C=O) groups is 5.